The summed E-state index contributed by atoms with van der Waals surface area (Å²) in [7, 11) is 0. The fraction of sp³-hybridized carbons (Fsp3) is 0.588. The Morgan fingerprint density at radius 2 is 1.95 bits per heavy atom. The Bertz CT molecular complexity index is 518. The van der Waals surface area contributed by atoms with Crippen LogP contribution < -0.4 is 0 Å². The van der Waals surface area contributed by atoms with E-state index in [1.807, 2.05) is 24.3 Å². The van der Waals surface area contributed by atoms with Gasteiger partial charge < -0.3 is 5.11 Å². The van der Waals surface area contributed by atoms with Crippen LogP contribution in [0.4, 0.5) is 0 Å². The minimum atomic E-state index is -0.704. The predicted molar refractivity (Wildman–Crippen MR) is 75.2 cm³/mol. The second kappa shape index (κ2) is 4.17. The van der Waals surface area contributed by atoms with Gasteiger partial charge in [-0.2, -0.15) is 0 Å². The molecule has 0 unspecified atom stereocenters. The highest BCUT2D eigenvalue weighted by Gasteiger charge is 2.50. The number of carbonyl (C=O) groups excluding carboxylic acids is 1. The van der Waals surface area contributed by atoms with E-state index in [1.54, 1.807) is 0 Å². The Hall–Kier alpha value is -1.15. The molecular weight excluding hydrogens is 236 g/mol. The van der Waals surface area contributed by atoms with Crippen LogP contribution in [-0.2, 0) is 6.42 Å². The first-order chi connectivity index (χ1) is 8.92. The van der Waals surface area contributed by atoms with Crippen LogP contribution in [0, 0.1) is 11.3 Å². The molecule has 0 aromatic heterocycles. The lowest BCUT2D eigenvalue weighted by atomic mass is 9.59. The van der Waals surface area contributed by atoms with Crippen molar-refractivity contribution in [2.75, 3.05) is 0 Å². The second-order valence-corrected chi connectivity index (χ2v) is 6.96. The predicted octanol–water partition coefficient (Wildman–Crippen LogP) is 3.37. The first-order valence-electron chi connectivity index (χ1n) is 7.26. The van der Waals surface area contributed by atoms with Crippen LogP contribution in [0.3, 0.4) is 0 Å². The number of aliphatic hydroxyl groups is 1. The molecule has 2 heteroatoms. The Kier molecular flexibility index (Phi) is 2.82. The zero-order valence-corrected chi connectivity index (χ0v) is 11.8. The molecule has 102 valence electrons. The van der Waals surface area contributed by atoms with Crippen LogP contribution in [0.15, 0.2) is 24.3 Å². The van der Waals surface area contributed by atoms with E-state index in [-0.39, 0.29) is 17.1 Å². The Morgan fingerprint density at radius 3 is 2.74 bits per heavy atom. The molecule has 3 rings (SSSR count). The van der Waals surface area contributed by atoms with Gasteiger partial charge in [0.1, 0.15) is 0 Å². The normalized spacial score (nSPS) is 33.2. The number of benzene rings is 1. The number of Topliss-reactive ketones (excluding diaryl/α,β-unsaturated/α-hetero) is 1. The second-order valence-electron chi connectivity index (χ2n) is 6.96. The molecule has 19 heavy (non-hydrogen) atoms. The number of ketones is 1. The minimum Gasteiger partial charge on any atom is -0.389 e. The summed E-state index contributed by atoms with van der Waals surface area (Å²) in [6.45, 7) is 4.40. The molecule has 1 fully saturated rings. The zero-order chi connectivity index (χ0) is 13.7. The quantitative estimate of drug-likeness (QED) is 0.774. The SMILES string of the molecule is CC1(C)CCC[C@]2(O)Cc3ccccc3C(=O)C[C@@H]12. The van der Waals surface area contributed by atoms with E-state index >= 15 is 0 Å². The zero-order valence-electron chi connectivity index (χ0n) is 11.8. The van der Waals surface area contributed by atoms with Crippen molar-refractivity contribution < 1.29 is 9.90 Å². The molecule has 2 nitrogen and oxygen atoms in total. The molecule has 0 saturated heterocycles. The highest BCUT2D eigenvalue weighted by Crippen LogP contribution is 2.51. The van der Waals surface area contributed by atoms with Gasteiger partial charge in [-0.05, 0) is 23.8 Å². The summed E-state index contributed by atoms with van der Waals surface area (Å²) in [5, 5.41) is 11.1. The van der Waals surface area contributed by atoms with Gasteiger partial charge >= 0.3 is 0 Å². The van der Waals surface area contributed by atoms with Crippen LogP contribution in [0.2, 0.25) is 0 Å². The molecule has 2 aliphatic carbocycles. The lowest BCUT2D eigenvalue weighted by Gasteiger charge is -2.48. The smallest absolute Gasteiger partial charge is 0.163 e. The van der Waals surface area contributed by atoms with E-state index in [2.05, 4.69) is 13.8 Å². The summed E-state index contributed by atoms with van der Waals surface area (Å²) < 4.78 is 0. The number of hydrogen-bond donors (Lipinski definition) is 1. The summed E-state index contributed by atoms with van der Waals surface area (Å²) in [6, 6.07) is 7.78. The number of fused-ring (bicyclic) bond motifs is 2. The first-order valence-corrected chi connectivity index (χ1v) is 7.26. The third-order valence-electron chi connectivity index (χ3n) is 5.23. The summed E-state index contributed by atoms with van der Waals surface area (Å²) in [6.07, 6.45) is 4.09. The topological polar surface area (TPSA) is 37.3 Å². The molecule has 1 aromatic rings. The third kappa shape index (κ3) is 2.02. The van der Waals surface area contributed by atoms with Gasteiger partial charge in [0.05, 0.1) is 5.60 Å². The van der Waals surface area contributed by atoms with Gasteiger partial charge in [0.25, 0.3) is 0 Å². The van der Waals surface area contributed by atoms with Crippen molar-refractivity contribution in [1.82, 2.24) is 0 Å². The van der Waals surface area contributed by atoms with Crippen molar-refractivity contribution >= 4 is 5.78 Å². The van der Waals surface area contributed by atoms with Crippen LogP contribution in [0.1, 0.15) is 55.5 Å². The van der Waals surface area contributed by atoms with Crippen LogP contribution in [0.25, 0.3) is 0 Å². The molecule has 2 aliphatic rings. The van der Waals surface area contributed by atoms with Crippen LogP contribution >= 0.6 is 0 Å². The molecule has 1 saturated carbocycles. The summed E-state index contributed by atoms with van der Waals surface area (Å²) in [5.74, 6) is 0.278. The van der Waals surface area contributed by atoms with Gasteiger partial charge in [-0.25, -0.2) is 0 Å². The highest BCUT2D eigenvalue weighted by molar-refractivity contribution is 5.98. The van der Waals surface area contributed by atoms with E-state index < -0.39 is 5.60 Å². The Labute approximate surface area is 114 Å². The highest BCUT2D eigenvalue weighted by atomic mass is 16.3. The van der Waals surface area contributed by atoms with Crippen molar-refractivity contribution in [3.63, 3.8) is 0 Å². The Balaban J connectivity index is 2.08. The standard InChI is InChI=1S/C17H22O2/c1-16(2)8-5-9-17(19)11-12-6-3-4-7-13(12)14(18)10-15(16)17/h3-4,6-7,15,19H,5,8-11H2,1-2H3/t15-,17-/m0/s1. The van der Waals surface area contributed by atoms with Crippen molar-refractivity contribution in [3.8, 4) is 0 Å². The third-order valence-corrected chi connectivity index (χ3v) is 5.23. The molecule has 0 spiro atoms. The van der Waals surface area contributed by atoms with E-state index in [4.69, 9.17) is 0 Å². The van der Waals surface area contributed by atoms with Gasteiger partial charge in [-0.3, -0.25) is 4.79 Å². The average molecular weight is 258 g/mol. The maximum Gasteiger partial charge on any atom is 0.163 e. The lowest BCUT2D eigenvalue weighted by molar-refractivity contribution is -0.0992. The summed E-state index contributed by atoms with van der Waals surface area (Å²) in [4.78, 5) is 12.5. The van der Waals surface area contributed by atoms with Crippen LogP contribution in [0.5, 0.6) is 0 Å². The fourth-order valence-electron chi connectivity index (χ4n) is 4.18. The van der Waals surface area contributed by atoms with E-state index in [0.29, 0.717) is 12.8 Å². The van der Waals surface area contributed by atoms with Crippen LogP contribution in [-0.4, -0.2) is 16.5 Å². The lowest BCUT2D eigenvalue weighted by Crippen LogP contribution is -2.50. The van der Waals surface area contributed by atoms with Gasteiger partial charge in [0, 0.05) is 24.3 Å². The maximum atomic E-state index is 12.5. The number of rotatable bonds is 0. The van der Waals surface area contributed by atoms with Gasteiger partial charge in [0.15, 0.2) is 5.78 Å². The minimum absolute atomic E-state index is 0.0463. The molecule has 0 heterocycles. The van der Waals surface area contributed by atoms with Crippen molar-refractivity contribution in [2.24, 2.45) is 11.3 Å². The monoisotopic (exact) mass is 258 g/mol. The molecular formula is C17H22O2. The largest absolute Gasteiger partial charge is 0.389 e. The van der Waals surface area contributed by atoms with Gasteiger partial charge in [-0.15, -0.1) is 0 Å². The first kappa shape index (κ1) is 12.9. The van der Waals surface area contributed by atoms with Crippen molar-refractivity contribution in [3.05, 3.63) is 35.4 Å². The molecule has 2 atom stereocenters. The van der Waals surface area contributed by atoms with E-state index in [1.165, 1.54) is 0 Å². The number of carbonyl (C=O) groups is 1. The Morgan fingerprint density at radius 1 is 1.21 bits per heavy atom. The molecule has 0 amide bonds. The molecule has 1 N–H and O–H groups in total. The molecule has 0 aliphatic heterocycles. The van der Waals surface area contributed by atoms with E-state index in [9.17, 15) is 9.90 Å². The fourth-order valence-corrected chi connectivity index (χ4v) is 4.18. The molecule has 1 aromatic carbocycles. The maximum absolute atomic E-state index is 12.5. The molecule has 0 radical (unpaired) electrons. The number of hydrogen-bond acceptors (Lipinski definition) is 2. The molecule has 0 bridgehead atoms. The van der Waals surface area contributed by atoms with Crippen molar-refractivity contribution in [2.45, 2.75) is 51.6 Å². The van der Waals surface area contributed by atoms with Gasteiger partial charge in [0.2, 0.25) is 0 Å². The van der Waals surface area contributed by atoms with Gasteiger partial charge in [-0.1, -0.05) is 44.5 Å². The average Bonchev–Trinajstić information content (AvgIpc) is 2.45. The van der Waals surface area contributed by atoms with E-state index in [0.717, 1.165) is 30.4 Å². The summed E-state index contributed by atoms with van der Waals surface area (Å²) in [5.41, 5.74) is 1.19. The van der Waals surface area contributed by atoms with Crippen molar-refractivity contribution in [1.29, 1.82) is 0 Å². The summed E-state index contributed by atoms with van der Waals surface area (Å²) >= 11 is 0.